The summed E-state index contributed by atoms with van der Waals surface area (Å²) in [7, 11) is 1.97. The number of hydrogen-bond donors (Lipinski definition) is 1. The van der Waals surface area contributed by atoms with E-state index in [2.05, 4.69) is 48.9 Å². The molecule has 2 rings (SSSR count). The van der Waals surface area contributed by atoms with Crippen LogP contribution in [-0.2, 0) is 0 Å². The molecule has 1 aromatic heterocycles. The molecule has 0 unspecified atom stereocenters. The molecule has 106 valence electrons. The molecular weight excluding hydrogens is 272 g/mol. The molecule has 0 bridgehead atoms. The Kier molecular flexibility index (Phi) is 4.14. The Morgan fingerprint density at radius 1 is 1.20 bits per heavy atom. The van der Waals surface area contributed by atoms with Crippen LogP contribution in [0.15, 0.2) is 24.3 Å². The van der Waals surface area contributed by atoms with Gasteiger partial charge in [-0.2, -0.15) is 4.98 Å². The third kappa shape index (κ3) is 3.02. The molecule has 0 amide bonds. The van der Waals surface area contributed by atoms with Gasteiger partial charge in [-0.1, -0.05) is 35.4 Å². The molecule has 1 aromatic carbocycles. The number of benzene rings is 1. The number of hydrogen-bond acceptors (Lipinski definition) is 4. The fourth-order valence-electron chi connectivity index (χ4n) is 2.30. The van der Waals surface area contributed by atoms with Gasteiger partial charge in [0.1, 0.15) is 11.0 Å². The average Bonchev–Trinajstić information content (AvgIpc) is 2.36. The van der Waals surface area contributed by atoms with Gasteiger partial charge in [-0.05, 0) is 31.9 Å². The van der Waals surface area contributed by atoms with E-state index in [4.69, 9.17) is 17.3 Å². The molecular formula is C15H19ClN4. The summed E-state index contributed by atoms with van der Waals surface area (Å²) in [5.41, 5.74) is 9.43. The van der Waals surface area contributed by atoms with E-state index in [1.165, 1.54) is 16.7 Å². The SMILES string of the molecule is Cc1ccc([C@H](C)N(C)c2cc(Cl)nc(N)n2)c(C)c1. The van der Waals surface area contributed by atoms with Crippen molar-refractivity contribution in [3.63, 3.8) is 0 Å². The van der Waals surface area contributed by atoms with E-state index in [9.17, 15) is 0 Å². The molecule has 20 heavy (non-hydrogen) atoms. The van der Waals surface area contributed by atoms with E-state index in [-0.39, 0.29) is 12.0 Å². The lowest BCUT2D eigenvalue weighted by molar-refractivity contribution is 0.723. The molecule has 5 heteroatoms. The predicted molar refractivity (Wildman–Crippen MR) is 84.2 cm³/mol. The molecule has 0 radical (unpaired) electrons. The number of nitrogens with two attached hydrogens (primary N) is 1. The van der Waals surface area contributed by atoms with Gasteiger partial charge in [0.25, 0.3) is 0 Å². The monoisotopic (exact) mass is 290 g/mol. The van der Waals surface area contributed by atoms with E-state index in [1.54, 1.807) is 6.07 Å². The van der Waals surface area contributed by atoms with Crippen molar-refractivity contribution in [2.24, 2.45) is 0 Å². The van der Waals surface area contributed by atoms with Crippen molar-refractivity contribution in [2.45, 2.75) is 26.8 Å². The van der Waals surface area contributed by atoms with Crippen LogP contribution in [-0.4, -0.2) is 17.0 Å². The molecule has 0 fully saturated rings. The maximum atomic E-state index is 5.94. The topological polar surface area (TPSA) is 55.0 Å². The number of nitrogen functional groups attached to an aromatic ring is 1. The Morgan fingerprint density at radius 3 is 2.50 bits per heavy atom. The molecule has 0 saturated carbocycles. The number of nitrogens with zero attached hydrogens (tertiary/aromatic N) is 3. The zero-order valence-electron chi connectivity index (χ0n) is 12.2. The Balaban J connectivity index is 2.34. The van der Waals surface area contributed by atoms with Gasteiger partial charge in [0.15, 0.2) is 0 Å². The highest BCUT2D eigenvalue weighted by molar-refractivity contribution is 6.29. The van der Waals surface area contributed by atoms with Gasteiger partial charge in [0.05, 0.1) is 6.04 Å². The second-order valence-corrected chi connectivity index (χ2v) is 5.44. The van der Waals surface area contributed by atoms with Crippen LogP contribution in [0.4, 0.5) is 11.8 Å². The van der Waals surface area contributed by atoms with Crippen LogP contribution >= 0.6 is 11.6 Å². The van der Waals surface area contributed by atoms with E-state index in [0.29, 0.717) is 5.15 Å². The molecule has 1 atom stereocenters. The largest absolute Gasteiger partial charge is 0.368 e. The van der Waals surface area contributed by atoms with E-state index in [0.717, 1.165) is 5.82 Å². The third-order valence-electron chi connectivity index (χ3n) is 3.52. The van der Waals surface area contributed by atoms with Crippen molar-refractivity contribution in [1.29, 1.82) is 0 Å². The van der Waals surface area contributed by atoms with Crippen LogP contribution in [0.2, 0.25) is 5.15 Å². The number of rotatable bonds is 3. The van der Waals surface area contributed by atoms with Crippen molar-refractivity contribution < 1.29 is 0 Å². The zero-order valence-corrected chi connectivity index (χ0v) is 12.9. The lowest BCUT2D eigenvalue weighted by atomic mass is 9.99. The predicted octanol–water partition coefficient (Wildman–Crippen LogP) is 3.53. The fourth-order valence-corrected chi connectivity index (χ4v) is 2.49. The molecule has 0 aliphatic heterocycles. The third-order valence-corrected chi connectivity index (χ3v) is 3.71. The number of halogens is 1. The lowest BCUT2D eigenvalue weighted by Crippen LogP contribution is -2.23. The maximum absolute atomic E-state index is 5.94. The van der Waals surface area contributed by atoms with Crippen molar-refractivity contribution in [2.75, 3.05) is 17.7 Å². The second-order valence-electron chi connectivity index (χ2n) is 5.05. The van der Waals surface area contributed by atoms with Crippen LogP contribution in [0.3, 0.4) is 0 Å². The second kappa shape index (κ2) is 5.67. The van der Waals surface area contributed by atoms with Gasteiger partial charge in [-0.3, -0.25) is 0 Å². The quantitative estimate of drug-likeness (QED) is 0.879. The highest BCUT2D eigenvalue weighted by atomic mass is 35.5. The number of aromatic nitrogens is 2. The summed E-state index contributed by atoms with van der Waals surface area (Å²) in [5.74, 6) is 0.905. The Labute approximate surface area is 124 Å². The highest BCUT2D eigenvalue weighted by Gasteiger charge is 2.16. The fraction of sp³-hybridized carbons (Fsp3) is 0.333. The Morgan fingerprint density at radius 2 is 1.90 bits per heavy atom. The Bertz CT molecular complexity index is 607. The number of anilines is 2. The van der Waals surface area contributed by atoms with Crippen LogP contribution in [0.25, 0.3) is 0 Å². The average molecular weight is 291 g/mol. The van der Waals surface area contributed by atoms with E-state index >= 15 is 0 Å². The molecule has 4 nitrogen and oxygen atoms in total. The van der Waals surface area contributed by atoms with Crippen LogP contribution in [0.5, 0.6) is 0 Å². The van der Waals surface area contributed by atoms with Crippen LogP contribution < -0.4 is 10.6 Å². The maximum Gasteiger partial charge on any atom is 0.223 e. The summed E-state index contributed by atoms with van der Waals surface area (Å²) in [6, 6.07) is 8.34. The van der Waals surface area contributed by atoms with Gasteiger partial charge in [-0.25, -0.2) is 4.98 Å². The number of aryl methyl sites for hydroxylation is 2. The van der Waals surface area contributed by atoms with Crippen molar-refractivity contribution in [3.8, 4) is 0 Å². The summed E-state index contributed by atoms with van der Waals surface area (Å²) in [5, 5.41) is 0.354. The van der Waals surface area contributed by atoms with Crippen LogP contribution in [0, 0.1) is 13.8 Å². The summed E-state index contributed by atoms with van der Waals surface area (Å²) in [6.45, 7) is 6.34. The smallest absolute Gasteiger partial charge is 0.223 e. The summed E-state index contributed by atoms with van der Waals surface area (Å²) >= 11 is 5.94. The van der Waals surface area contributed by atoms with E-state index in [1.807, 2.05) is 11.9 Å². The normalized spacial score (nSPS) is 12.2. The molecule has 0 aliphatic carbocycles. The Hall–Kier alpha value is -1.81. The highest BCUT2D eigenvalue weighted by Crippen LogP contribution is 2.28. The molecule has 0 saturated heterocycles. The zero-order chi connectivity index (χ0) is 14.9. The standard InChI is InChI=1S/C15H19ClN4/c1-9-5-6-12(10(2)7-9)11(3)20(4)14-8-13(16)18-15(17)19-14/h5-8,11H,1-4H3,(H2,17,18,19)/t11-/m0/s1. The van der Waals surface area contributed by atoms with Gasteiger partial charge in [0, 0.05) is 13.1 Å². The van der Waals surface area contributed by atoms with Gasteiger partial charge in [-0.15, -0.1) is 0 Å². The first-order chi connectivity index (χ1) is 9.38. The van der Waals surface area contributed by atoms with Crippen LogP contribution in [0.1, 0.15) is 29.7 Å². The van der Waals surface area contributed by atoms with Crippen molar-refractivity contribution >= 4 is 23.4 Å². The molecule has 0 aliphatic rings. The molecule has 2 N–H and O–H groups in total. The molecule has 2 aromatic rings. The van der Waals surface area contributed by atoms with Gasteiger partial charge < -0.3 is 10.6 Å². The first-order valence-corrected chi connectivity index (χ1v) is 6.86. The van der Waals surface area contributed by atoms with E-state index < -0.39 is 0 Å². The molecule has 0 spiro atoms. The summed E-state index contributed by atoms with van der Waals surface area (Å²) in [4.78, 5) is 10.2. The lowest BCUT2D eigenvalue weighted by Gasteiger charge is -2.27. The van der Waals surface area contributed by atoms with Gasteiger partial charge in [0.2, 0.25) is 5.95 Å². The first kappa shape index (κ1) is 14.6. The minimum Gasteiger partial charge on any atom is -0.368 e. The van der Waals surface area contributed by atoms with Crippen molar-refractivity contribution in [1.82, 2.24) is 9.97 Å². The molecule has 1 heterocycles. The van der Waals surface area contributed by atoms with Crippen molar-refractivity contribution in [3.05, 3.63) is 46.1 Å². The minimum absolute atomic E-state index is 0.168. The minimum atomic E-state index is 0.168. The summed E-state index contributed by atoms with van der Waals surface area (Å²) < 4.78 is 0. The first-order valence-electron chi connectivity index (χ1n) is 6.48. The van der Waals surface area contributed by atoms with Gasteiger partial charge >= 0.3 is 0 Å². The summed E-state index contributed by atoms with van der Waals surface area (Å²) in [6.07, 6.45) is 0.